The first kappa shape index (κ1) is 15.2. The average Bonchev–Trinajstić information content (AvgIpc) is 2.98. The van der Waals surface area contributed by atoms with Crippen molar-refractivity contribution in [3.63, 3.8) is 0 Å². The third-order valence-electron chi connectivity index (χ3n) is 2.77. The van der Waals surface area contributed by atoms with Crippen molar-refractivity contribution in [3.05, 3.63) is 52.0 Å². The maximum atomic E-state index is 12.1. The number of carbonyl (C=O) groups excluding carboxylic acids is 1. The Bertz CT molecular complexity index is 639. The van der Waals surface area contributed by atoms with Crippen LogP contribution < -0.4 is 5.32 Å². The van der Waals surface area contributed by atoms with E-state index in [4.69, 9.17) is 5.11 Å². The number of aromatic nitrogens is 1. The Hall–Kier alpha value is -2.16. The van der Waals surface area contributed by atoms with Crippen molar-refractivity contribution >= 4 is 17.2 Å². The Labute approximate surface area is 127 Å². The molecule has 21 heavy (non-hydrogen) atoms. The fraction of sp³-hybridized carbons (Fsp3) is 0.250. The standard InChI is InChI=1S/C16H16N2O2S/c1-12(10-14-5-3-9-21-14)18-16(20)15-7-6-13(11-17-15)4-2-8-19/h3,5-7,9,11-12,19H,8,10H2,1H3,(H,18,20). The molecule has 2 rings (SSSR count). The van der Waals surface area contributed by atoms with Crippen molar-refractivity contribution in [2.45, 2.75) is 19.4 Å². The summed E-state index contributed by atoms with van der Waals surface area (Å²) in [6.07, 6.45) is 2.34. The first-order valence-electron chi connectivity index (χ1n) is 6.58. The van der Waals surface area contributed by atoms with Crippen LogP contribution in [0.5, 0.6) is 0 Å². The van der Waals surface area contributed by atoms with E-state index in [-0.39, 0.29) is 18.6 Å². The van der Waals surface area contributed by atoms with Crippen molar-refractivity contribution in [2.75, 3.05) is 6.61 Å². The maximum Gasteiger partial charge on any atom is 0.270 e. The minimum Gasteiger partial charge on any atom is -0.384 e. The molecule has 0 fully saturated rings. The monoisotopic (exact) mass is 300 g/mol. The Kier molecular flexibility index (Phi) is 5.50. The summed E-state index contributed by atoms with van der Waals surface area (Å²) in [5.41, 5.74) is 1.04. The molecule has 0 bridgehead atoms. The van der Waals surface area contributed by atoms with Gasteiger partial charge in [0.05, 0.1) is 0 Å². The van der Waals surface area contributed by atoms with Crippen LogP contribution >= 0.6 is 11.3 Å². The number of hydrogen-bond donors (Lipinski definition) is 2. The third kappa shape index (κ3) is 4.71. The van der Waals surface area contributed by atoms with Gasteiger partial charge in [-0.15, -0.1) is 11.3 Å². The quantitative estimate of drug-likeness (QED) is 0.847. The number of rotatable bonds is 4. The van der Waals surface area contributed by atoms with Crippen LogP contribution in [0.25, 0.3) is 0 Å². The smallest absolute Gasteiger partial charge is 0.270 e. The Morgan fingerprint density at radius 1 is 1.48 bits per heavy atom. The minimum absolute atomic E-state index is 0.0480. The van der Waals surface area contributed by atoms with Crippen LogP contribution in [0.3, 0.4) is 0 Å². The van der Waals surface area contributed by atoms with Gasteiger partial charge in [0.15, 0.2) is 0 Å². The van der Waals surface area contributed by atoms with E-state index in [0.717, 1.165) is 6.42 Å². The van der Waals surface area contributed by atoms with Crippen molar-refractivity contribution in [1.29, 1.82) is 0 Å². The van der Waals surface area contributed by atoms with Gasteiger partial charge in [0.25, 0.3) is 5.91 Å². The number of aliphatic hydroxyl groups excluding tert-OH is 1. The second-order valence-electron chi connectivity index (χ2n) is 4.55. The van der Waals surface area contributed by atoms with E-state index in [0.29, 0.717) is 11.3 Å². The zero-order valence-electron chi connectivity index (χ0n) is 11.7. The minimum atomic E-state index is -0.194. The highest BCUT2D eigenvalue weighted by Gasteiger charge is 2.11. The van der Waals surface area contributed by atoms with Gasteiger partial charge in [-0.05, 0) is 30.5 Å². The first-order chi connectivity index (χ1) is 10.2. The van der Waals surface area contributed by atoms with Gasteiger partial charge in [0, 0.05) is 29.1 Å². The van der Waals surface area contributed by atoms with Gasteiger partial charge < -0.3 is 10.4 Å². The molecule has 5 heteroatoms. The highest BCUT2D eigenvalue weighted by atomic mass is 32.1. The van der Waals surface area contributed by atoms with Crippen LogP contribution in [-0.2, 0) is 6.42 Å². The van der Waals surface area contributed by atoms with Crippen molar-refractivity contribution < 1.29 is 9.90 Å². The Balaban J connectivity index is 1.93. The number of aliphatic hydroxyl groups is 1. The molecule has 0 aliphatic carbocycles. The van der Waals surface area contributed by atoms with Crippen LogP contribution in [0.1, 0.15) is 27.9 Å². The highest BCUT2D eigenvalue weighted by molar-refractivity contribution is 7.09. The second kappa shape index (κ2) is 7.58. The molecule has 0 spiro atoms. The summed E-state index contributed by atoms with van der Waals surface area (Å²) < 4.78 is 0. The summed E-state index contributed by atoms with van der Waals surface area (Å²) in [6.45, 7) is 1.78. The van der Waals surface area contributed by atoms with Gasteiger partial charge in [-0.1, -0.05) is 17.9 Å². The molecule has 2 aromatic rings. The molecule has 0 saturated heterocycles. The van der Waals surface area contributed by atoms with E-state index in [1.165, 1.54) is 11.1 Å². The fourth-order valence-electron chi connectivity index (χ4n) is 1.82. The lowest BCUT2D eigenvalue weighted by molar-refractivity contribution is 0.0935. The van der Waals surface area contributed by atoms with Gasteiger partial charge in [-0.3, -0.25) is 4.79 Å². The van der Waals surface area contributed by atoms with Crippen LogP contribution in [0.2, 0.25) is 0 Å². The van der Waals surface area contributed by atoms with Gasteiger partial charge in [-0.2, -0.15) is 0 Å². The van der Waals surface area contributed by atoms with E-state index in [2.05, 4.69) is 28.2 Å². The lowest BCUT2D eigenvalue weighted by atomic mass is 10.2. The van der Waals surface area contributed by atoms with Gasteiger partial charge in [0.1, 0.15) is 12.3 Å². The van der Waals surface area contributed by atoms with Gasteiger partial charge >= 0.3 is 0 Å². The van der Waals surface area contributed by atoms with Crippen LogP contribution in [0.15, 0.2) is 35.8 Å². The molecular weight excluding hydrogens is 284 g/mol. The SMILES string of the molecule is CC(Cc1cccs1)NC(=O)c1ccc(C#CCO)cn1. The fourth-order valence-corrected chi connectivity index (χ4v) is 2.66. The summed E-state index contributed by atoms with van der Waals surface area (Å²) in [7, 11) is 0. The molecule has 1 unspecified atom stereocenters. The number of pyridine rings is 1. The summed E-state index contributed by atoms with van der Waals surface area (Å²) in [4.78, 5) is 17.4. The molecule has 0 radical (unpaired) electrons. The van der Waals surface area contributed by atoms with E-state index >= 15 is 0 Å². The molecule has 2 heterocycles. The summed E-state index contributed by atoms with van der Waals surface area (Å²) in [5, 5.41) is 13.6. The zero-order chi connectivity index (χ0) is 15.1. The maximum absolute atomic E-state index is 12.1. The largest absolute Gasteiger partial charge is 0.384 e. The summed E-state index contributed by atoms with van der Waals surface area (Å²) in [5.74, 6) is 5.08. The van der Waals surface area contributed by atoms with Crippen LogP contribution in [0, 0.1) is 11.8 Å². The number of thiophene rings is 1. The number of hydrogen-bond acceptors (Lipinski definition) is 4. The number of amides is 1. The molecule has 4 nitrogen and oxygen atoms in total. The molecular formula is C16H16N2O2S. The lowest BCUT2D eigenvalue weighted by Gasteiger charge is -2.12. The first-order valence-corrected chi connectivity index (χ1v) is 7.46. The van der Waals surface area contributed by atoms with E-state index < -0.39 is 0 Å². The molecule has 0 saturated carbocycles. The zero-order valence-corrected chi connectivity index (χ0v) is 12.5. The molecule has 1 atom stereocenters. The van der Waals surface area contributed by atoms with E-state index in [1.54, 1.807) is 23.5 Å². The Morgan fingerprint density at radius 2 is 2.33 bits per heavy atom. The molecule has 1 amide bonds. The molecule has 0 aliphatic rings. The summed E-state index contributed by atoms with van der Waals surface area (Å²) in [6, 6.07) is 7.46. The molecule has 0 aliphatic heterocycles. The summed E-state index contributed by atoms with van der Waals surface area (Å²) >= 11 is 1.68. The topological polar surface area (TPSA) is 62.2 Å². The van der Waals surface area contributed by atoms with Crippen molar-refractivity contribution in [2.24, 2.45) is 0 Å². The van der Waals surface area contributed by atoms with Gasteiger partial charge in [-0.25, -0.2) is 4.98 Å². The van der Waals surface area contributed by atoms with Crippen molar-refractivity contribution in [3.8, 4) is 11.8 Å². The normalized spacial score (nSPS) is 11.3. The molecule has 0 aromatic carbocycles. The number of nitrogens with one attached hydrogen (secondary N) is 1. The lowest BCUT2D eigenvalue weighted by Crippen LogP contribution is -2.34. The van der Waals surface area contributed by atoms with E-state index in [1.807, 2.05) is 18.4 Å². The van der Waals surface area contributed by atoms with E-state index in [9.17, 15) is 4.79 Å². The highest BCUT2D eigenvalue weighted by Crippen LogP contribution is 2.11. The second-order valence-corrected chi connectivity index (χ2v) is 5.58. The number of carbonyl (C=O) groups is 1. The third-order valence-corrected chi connectivity index (χ3v) is 3.67. The molecule has 2 aromatic heterocycles. The average molecular weight is 300 g/mol. The predicted molar refractivity (Wildman–Crippen MR) is 83.2 cm³/mol. The molecule has 2 N–H and O–H groups in total. The van der Waals surface area contributed by atoms with Crippen LogP contribution in [-0.4, -0.2) is 28.6 Å². The van der Waals surface area contributed by atoms with Gasteiger partial charge in [0.2, 0.25) is 0 Å². The molecule has 108 valence electrons. The Morgan fingerprint density at radius 3 is 2.95 bits per heavy atom. The van der Waals surface area contributed by atoms with Crippen molar-refractivity contribution in [1.82, 2.24) is 10.3 Å². The predicted octanol–water partition coefficient (Wildman–Crippen LogP) is 1.85. The number of nitrogens with zero attached hydrogens (tertiary/aromatic N) is 1. The van der Waals surface area contributed by atoms with Crippen LogP contribution in [0.4, 0.5) is 0 Å².